The van der Waals surface area contributed by atoms with Crippen LogP contribution in [0.25, 0.3) is 0 Å². The van der Waals surface area contributed by atoms with Gasteiger partial charge in [0.15, 0.2) is 5.96 Å². The normalized spacial score (nSPS) is 26.1. The monoisotopic (exact) mass is 538 g/mol. The topological polar surface area (TPSA) is 83.0 Å². The predicted molar refractivity (Wildman–Crippen MR) is 131 cm³/mol. The van der Waals surface area contributed by atoms with Crippen LogP contribution < -0.4 is 15.4 Å². The van der Waals surface area contributed by atoms with E-state index in [1.807, 2.05) is 31.2 Å². The standard InChI is InChI=1S/C23H30N4O3.HI/c1-3-24-23(25-11-10-15-4-8-18(30-2)9-5-15)26-12-13-27-21(28)19-16-6-7-17(14-16)20(19)22(27)29;/h4-9,16-17,19-20H,3,10-14H2,1-2H3,(H2,24,25,26);1H. The van der Waals surface area contributed by atoms with Crippen LogP contribution in [0.2, 0.25) is 0 Å². The molecule has 0 aromatic heterocycles. The second-order valence-corrected chi connectivity index (χ2v) is 8.11. The molecule has 1 saturated carbocycles. The van der Waals surface area contributed by atoms with Crippen molar-refractivity contribution in [2.75, 3.05) is 33.3 Å². The Morgan fingerprint density at radius 1 is 1.10 bits per heavy atom. The number of carbonyl (C=O) groups excluding carboxylic acids is 2. The molecule has 2 N–H and O–H groups in total. The molecule has 4 atom stereocenters. The maximum absolute atomic E-state index is 12.8. The van der Waals surface area contributed by atoms with Crippen LogP contribution >= 0.6 is 24.0 Å². The van der Waals surface area contributed by atoms with Crippen LogP contribution in [-0.4, -0.2) is 56.0 Å². The van der Waals surface area contributed by atoms with E-state index in [9.17, 15) is 9.59 Å². The summed E-state index contributed by atoms with van der Waals surface area (Å²) in [6.07, 6.45) is 6.03. The lowest BCUT2D eigenvalue weighted by molar-refractivity contribution is -0.140. The number of rotatable bonds is 8. The van der Waals surface area contributed by atoms with E-state index in [0.717, 1.165) is 25.1 Å². The number of guanidine groups is 1. The van der Waals surface area contributed by atoms with Gasteiger partial charge < -0.3 is 15.4 Å². The number of hydrogen-bond acceptors (Lipinski definition) is 4. The number of benzene rings is 1. The summed E-state index contributed by atoms with van der Waals surface area (Å²) in [5, 5.41) is 6.47. The van der Waals surface area contributed by atoms with Crippen molar-refractivity contribution in [3.05, 3.63) is 42.0 Å². The van der Waals surface area contributed by atoms with E-state index in [2.05, 4.69) is 27.8 Å². The Kier molecular flexibility index (Phi) is 7.96. The Morgan fingerprint density at radius 3 is 2.32 bits per heavy atom. The highest BCUT2D eigenvalue weighted by Gasteiger charge is 2.58. The number of likely N-dealkylation sites (tertiary alicyclic amines) is 1. The number of ether oxygens (including phenoxy) is 1. The fraction of sp³-hybridized carbons (Fsp3) is 0.522. The molecule has 2 fully saturated rings. The molecular formula is C23H31IN4O3. The first kappa shape index (κ1) is 23.6. The summed E-state index contributed by atoms with van der Waals surface area (Å²) >= 11 is 0. The Bertz CT molecular complexity index is 825. The van der Waals surface area contributed by atoms with Gasteiger partial charge in [0, 0.05) is 26.2 Å². The van der Waals surface area contributed by atoms with E-state index in [1.54, 1.807) is 7.11 Å². The molecule has 7 nitrogen and oxygen atoms in total. The van der Waals surface area contributed by atoms with Gasteiger partial charge in [-0.1, -0.05) is 24.3 Å². The number of hydrogen-bond donors (Lipinski definition) is 2. The van der Waals surface area contributed by atoms with Gasteiger partial charge in [0.05, 0.1) is 18.9 Å². The van der Waals surface area contributed by atoms with Gasteiger partial charge in [-0.05, 0) is 49.3 Å². The average Bonchev–Trinajstić information content (AvgIpc) is 3.44. The summed E-state index contributed by atoms with van der Waals surface area (Å²) in [5.74, 6) is 1.81. The fourth-order valence-electron chi connectivity index (χ4n) is 4.90. The quantitative estimate of drug-likeness (QED) is 0.175. The molecule has 168 valence electrons. The second kappa shape index (κ2) is 10.5. The van der Waals surface area contributed by atoms with Gasteiger partial charge in [-0.15, -0.1) is 24.0 Å². The Labute approximate surface area is 200 Å². The minimum absolute atomic E-state index is 0. The number of aliphatic imine (C=N–C) groups is 1. The van der Waals surface area contributed by atoms with Crippen molar-refractivity contribution in [1.82, 2.24) is 15.5 Å². The van der Waals surface area contributed by atoms with Crippen molar-refractivity contribution < 1.29 is 14.3 Å². The van der Waals surface area contributed by atoms with E-state index in [0.29, 0.717) is 25.6 Å². The molecule has 1 heterocycles. The van der Waals surface area contributed by atoms with Crippen molar-refractivity contribution in [3.63, 3.8) is 0 Å². The van der Waals surface area contributed by atoms with Gasteiger partial charge in [-0.2, -0.15) is 0 Å². The van der Waals surface area contributed by atoms with Crippen molar-refractivity contribution >= 4 is 41.8 Å². The molecule has 1 aromatic rings. The first-order chi connectivity index (χ1) is 14.6. The molecule has 1 aromatic carbocycles. The second-order valence-electron chi connectivity index (χ2n) is 8.11. The molecule has 31 heavy (non-hydrogen) atoms. The summed E-state index contributed by atoms with van der Waals surface area (Å²) in [4.78, 5) is 31.6. The molecule has 2 amide bonds. The first-order valence-electron chi connectivity index (χ1n) is 10.8. The summed E-state index contributed by atoms with van der Waals surface area (Å²) in [6, 6.07) is 7.98. The SMILES string of the molecule is CCNC(=NCCc1ccc(OC)cc1)NCCN1C(=O)C2C3C=CC(C3)C2C1=O.I. The maximum atomic E-state index is 12.8. The zero-order chi connectivity index (χ0) is 21.1. The van der Waals surface area contributed by atoms with Gasteiger partial charge in [-0.25, -0.2) is 0 Å². The molecule has 0 radical (unpaired) electrons. The largest absolute Gasteiger partial charge is 0.497 e. The van der Waals surface area contributed by atoms with Crippen LogP contribution in [0.5, 0.6) is 5.75 Å². The predicted octanol–water partition coefficient (Wildman–Crippen LogP) is 2.22. The molecule has 1 saturated heterocycles. The first-order valence-corrected chi connectivity index (χ1v) is 10.8. The van der Waals surface area contributed by atoms with E-state index in [4.69, 9.17) is 4.74 Å². The molecule has 1 aliphatic heterocycles. The Hall–Kier alpha value is -2.10. The highest BCUT2D eigenvalue weighted by Crippen LogP contribution is 2.52. The minimum atomic E-state index is -0.126. The third kappa shape index (κ3) is 4.88. The average molecular weight is 538 g/mol. The summed E-state index contributed by atoms with van der Waals surface area (Å²) in [5.41, 5.74) is 1.19. The van der Waals surface area contributed by atoms with Crippen LogP contribution in [0.1, 0.15) is 18.9 Å². The molecule has 8 heteroatoms. The van der Waals surface area contributed by atoms with Crippen molar-refractivity contribution in [2.45, 2.75) is 19.8 Å². The Balaban J connectivity index is 0.00000272. The molecular weight excluding hydrogens is 507 g/mol. The number of carbonyl (C=O) groups is 2. The van der Waals surface area contributed by atoms with Gasteiger partial charge in [0.1, 0.15) is 5.75 Å². The van der Waals surface area contributed by atoms with E-state index in [-0.39, 0.29) is 59.5 Å². The van der Waals surface area contributed by atoms with E-state index in [1.165, 1.54) is 10.5 Å². The van der Waals surface area contributed by atoms with Gasteiger partial charge in [-0.3, -0.25) is 19.5 Å². The van der Waals surface area contributed by atoms with E-state index >= 15 is 0 Å². The van der Waals surface area contributed by atoms with Crippen LogP contribution in [0.15, 0.2) is 41.4 Å². The van der Waals surface area contributed by atoms with Crippen LogP contribution in [0.3, 0.4) is 0 Å². The molecule has 2 aliphatic carbocycles. The number of allylic oxidation sites excluding steroid dienone is 2. The lowest BCUT2D eigenvalue weighted by Gasteiger charge is -2.18. The molecule has 4 unspecified atom stereocenters. The zero-order valence-electron chi connectivity index (χ0n) is 18.0. The number of methoxy groups -OCH3 is 1. The molecule has 2 bridgehead atoms. The highest BCUT2D eigenvalue weighted by atomic mass is 127. The minimum Gasteiger partial charge on any atom is -0.497 e. The van der Waals surface area contributed by atoms with Crippen LogP contribution in [-0.2, 0) is 16.0 Å². The number of fused-ring (bicyclic) bond motifs is 5. The van der Waals surface area contributed by atoms with Crippen molar-refractivity contribution in [1.29, 1.82) is 0 Å². The van der Waals surface area contributed by atoms with Gasteiger partial charge in [0.25, 0.3) is 0 Å². The molecule has 4 rings (SSSR count). The lowest BCUT2D eigenvalue weighted by Crippen LogP contribution is -2.43. The summed E-state index contributed by atoms with van der Waals surface area (Å²) in [7, 11) is 1.66. The Morgan fingerprint density at radius 2 is 1.74 bits per heavy atom. The van der Waals surface area contributed by atoms with Gasteiger partial charge in [0.2, 0.25) is 11.8 Å². The lowest BCUT2D eigenvalue weighted by atomic mass is 9.85. The third-order valence-electron chi connectivity index (χ3n) is 6.36. The number of halogens is 1. The summed E-state index contributed by atoms with van der Waals surface area (Å²) in [6.45, 7) is 4.27. The maximum Gasteiger partial charge on any atom is 0.233 e. The smallest absolute Gasteiger partial charge is 0.233 e. The third-order valence-corrected chi connectivity index (χ3v) is 6.36. The summed E-state index contributed by atoms with van der Waals surface area (Å²) < 4.78 is 5.18. The number of nitrogens with one attached hydrogen (secondary N) is 2. The van der Waals surface area contributed by atoms with Gasteiger partial charge >= 0.3 is 0 Å². The van der Waals surface area contributed by atoms with Crippen molar-refractivity contribution in [2.24, 2.45) is 28.7 Å². The number of amides is 2. The number of imide groups is 1. The molecule has 0 spiro atoms. The van der Waals surface area contributed by atoms with Crippen molar-refractivity contribution in [3.8, 4) is 5.75 Å². The van der Waals surface area contributed by atoms with E-state index < -0.39 is 0 Å². The molecule has 3 aliphatic rings. The van der Waals surface area contributed by atoms with Crippen LogP contribution in [0.4, 0.5) is 0 Å². The van der Waals surface area contributed by atoms with Crippen LogP contribution in [0, 0.1) is 23.7 Å². The zero-order valence-corrected chi connectivity index (χ0v) is 20.4. The highest BCUT2D eigenvalue weighted by molar-refractivity contribution is 14.0. The fourth-order valence-corrected chi connectivity index (χ4v) is 4.90. The number of nitrogens with zero attached hydrogens (tertiary/aromatic N) is 2.